The fourth-order valence-corrected chi connectivity index (χ4v) is 2.11. The maximum atomic E-state index is 4.63. The van der Waals surface area contributed by atoms with E-state index in [0.717, 1.165) is 18.8 Å². The first-order chi connectivity index (χ1) is 9.08. The molecule has 0 amide bonds. The van der Waals surface area contributed by atoms with Crippen LogP contribution in [-0.4, -0.2) is 20.8 Å². The minimum absolute atomic E-state index is 0.487. The molecule has 2 aromatic heterocycles. The van der Waals surface area contributed by atoms with Crippen LogP contribution in [0.25, 0.3) is 0 Å². The van der Waals surface area contributed by atoms with Crippen molar-refractivity contribution in [1.29, 1.82) is 0 Å². The molecule has 0 aliphatic rings. The quantitative estimate of drug-likeness (QED) is 0.895. The molecule has 0 bridgehead atoms. The minimum atomic E-state index is 0.487. The van der Waals surface area contributed by atoms with Gasteiger partial charge < -0.3 is 5.32 Å². The molecule has 0 aromatic carbocycles. The first-order valence-corrected chi connectivity index (χ1v) is 6.73. The van der Waals surface area contributed by atoms with Gasteiger partial charge in [-0.15, -0.1) is 0 Å². The summed E-state index contributed by atoms with van der Waals surface area (Å²) >= 11 is 0. The SMILES string of the molecule is Cc1nn(Cc2cccnc2)c(C)c1CNC(C)C. The Bertz CT molecular complexity index is 529. The summed E-state index contributed by atoms with van der Waals surface area (Å²) in [5.74, 6) is 0. The second-order valence-corrected chi connectivity index (χ2v) is 5.20. The van der Waals surface area contributed by atoms with E-state index < -0.39 is 0 Å². The van der Waals surface area contributed by atoms with E-state index in [1.54, 1.807) is 6.20 Å². The van der Waals surface area contributed by atoms with E-state index in [-0.39, 0.29) is 0 Å². The summed E-state index contributed by atoms with van der Waals surface area (Å²) < 4.78 is 2.06. The highest BCUT2D eigenvalue weighted by molar-refractivity contribution is 5.25. The summed E-state index contributed by atoms with van der Waals surface area (Å²) in [6.45, 7) is 10.2. The van der Waals surface area contributed by atoms with Gasteiger partial charge in [0.05, 0.1) is 12.2 Å². The molecule has 0 unspecified atom stereocenters. The number of hydrogen-bond donors (Lipinski definition) is 1. The number of aryl methyl sites for hydroxylation is 1. The number of nitrogens with one attached hydrogen (secondary N) is 1. The highest BCUT2D eigenvalue weighted by atomic mass is 15.3. The van der Waals surface area contributed by atoms with Crippen LogP contribution in [0.1, 0.15) is 36.4 Å². The Kier molecular flexibility index (Phi) is 4.32. The smallest absolute Gasteiger partial charge is 0.0677 e. The predicted molar refractivity (Wildman–Crippen MR) is 77.0 cm³/mol. The van der Waals surface area contributed by atoms with Gasteiger partial charge in [-0.25, -0.2) is 0 Å². The molecule has 0 spiro atoms. The number of aromatic nitrogens is 3. The normalized spacial score (nSPS) is 11.2. The molecule has 0 aliphatic heterocycles. The fourth-order valence-electron chi connectivity index (χ4n) is 2.11. The Labute approximate surface area is 114 Å². The van der Waals surface area contributed by atoms with Crippen molar-refractivity contribution in [2.45, 2.75) is 46.8 Å². The van der Waals surface area contributed by atoms with Gasteiger partial charge in [-0.05, 0) is 25.5 Å². The lowest BCUT2D eigenvalue weighted by Crippen LogP contribution is -2.22. The monoisotopic (exact) mass is 258 g/mol. The second-order valence-electron chi connectivity index (χ2n) is 5.20. The third-order valence-electron chi connectivity index (χ3n) is 3.27. The highest BCUT2D eigenvalue weighted by Crippen LogP contribution is 2.14. The standard InChI is InChI=1S/C15H22N4/c1-11(2)17-9-15-12(3)18-19(13(15)4)10-14-6-5-7-16-8-14/h5-8,11,17H,9-10H2,1-4H3. The molecule has 0 atom stereocenters. The summed E-state index contributed by atoms with van der Waals surface area (Å²) in [6, 6.07) is 4.53. The van der Waals surface area contributed by atoms with Crippen molar-refractivity contribution < 1.29 is 0 Å². The lowest BCUT2D eigenvalue weighted by atomic mass is 10.2. The van der Waals surface area contributed by atoms with Gasteiger partial charge in [0.1, 0.15) is 0 Å². The lowest BCUT2D eigenvalue weighted by molar-refractivity contribution is 0.584. The van der Waals surface area contributed by atoms with Crippen molar-refractivity contribution in [1.82, 2.24) is 20.1 Å². The van der Waals surface area contributed by atoms with Gasteiger partial charge in [0.2, 0.25) is 0 Å². The maximum Gasteiger partial charge on any atom is 0.0677 e. The summed E-state index contributed by atoms with van der Waals surface area (Å²) in [5, 5.41) is 8.09. The Balaban J connectivity index is 2.16. The summed E-state index contributed by atoms with van der Waals surface area (Å²) in [7, 11) is 0. The fraction of sp³-hybridized carbons (Fsp3) is 0.467. The summed E-state index contributed by atoms with van der Waals surface area (Å²) in [5.41, 5.74) is 4.82. The summed E-state index contributed by atoms with van der Waals surface area (Å²) in [6.07, 6.45) is 3.69. The highest BCUT2D eigenvalue weighted by Gasteiger charge is 2.11. The van der Waals surface area contributed by atoms with Gasteiger partial charge in [0, 0.05) is 36.2 Å². The molecular weight excluding hydrogens is 236 g/mol. The molecule has 4 heteroatoms. The molecule has 2 heterocycles. The molecule has 1 N–H and O–H groups in total. The van der Waals surface area contributed by atoms with Gasteiger partial charge >= 0.3 is 0 Å². The zero-order chi connectivity index (χ0) is 13.8. The molecule has 0 aliphatic carbocycles. The predicted octanol–water partition coefficient (Wildman–Crippen LogP) is 2.44. The number of hydrogen-bond acceptors (Lipinski definition) is 3. The van der Waals surface area contributed by atoms with E-state index in [9.17, 15) is 0 Å². The van der Waals surface area contributed by atoms with E-state index in [0.29, 0.717) is 6.04 Å². The number of rotatable bonds is 5. The average molecular weight is 258 g/mol. The van der Waals surface area contributed by atoms with Gasteiger partial charge in [-0.3, -0.25) is 9.67 Å². The molecule has 2 rings (SSSR count). The van der Waals surface area contributed by atoms with Crippen LogP contribution in [-0.2, 0) is 13.1 Å². The van der Waals surface area contributed by atoms with Gasteiger partial charge in [0.25, 0.3) is 0 Å². The van der Waals surface area contributed by atoms with Crippen LogP contribution in [0.3, 0.4) is 0 Å². The second kappa shape index (κ2) is 5.97. The lowest BCUT2D eigenvalue weighted by Gasteiger charge is -2.09. The third-order valence-corrected chi connectivity index (χ3v) is 3.27. The van der Waals surface area contributed by atoms with Crippen LogP contribution in [0.2, 0.25) is 0 Å². The maximum absolute atomic E-state index is 4.63. The molecule has 0 radical (unpaired) electrons. The Morgan fingerprint density at radius 3 is 2.74 bits per heavy atom. The van der Waals surface area contributed by atoms with Crippen molar-refractivity contribution in [3.05, 3.63) is 47.0 Å². The Morgan fingerprint density at radius 1 is 1.32 bits per heavy atom. The van der Waals surface area contributed by atoms with Gasteiger partial charge in [-0.2, -0.15) is 5.10 Å². The van der Waals surface area contributed by atoms with Crippen LogP contribution in [0.15, 0.2) is 24.5 Å². The molecule has 0 fully saturated rings. The van der Waals surface area contributed by atoms with Crippen molar-refractivity contribution in [3.63, 3.8) is 0 Å². The zero-order valence-electron chi connectivity index (χ0n) is 12.1. The molecule has 2 aromatic rings. The summed E-state index contributed by atoms with van der Waals surface area (Å²) in [4.78, 5) is 4.15. The molecule has 4 nitrogen and oxygen atoms in total. The van der Waals surface area contributed by atoms with Crippen LogP contribution in [0.4, 0.5) is 0 Å². The minimum Gasteiger partial charge on any atom is -0.310 e. The molecular formula is C15H22N4. The molecule has 19 heavy (non-hydrogen) atoms. The van der Waals surface area contributed by atoms with Crippen LogP contribution < -0.4 is 5.32 Å². The first-order valence-electron chi connectivity index (χ1n) is 6.73. The van der Waals surface area contributed by atoms with Crippen molar-refractivity contribution in [3.8, 4) is 0 Å². The van der Waals surface area contributed by atoms with Crippen molar-refractivity contribution in [2.24, 2.45) is 0 Å². The largest absolute Gasteiger partial charge is 0.310 e. The van der Waals surface area contributed by atoms with E-state index in [2.05, 4.69) is 53.8 Å². The Morgan fingerprint density at radius 2 is 2.11 bits per heavy atom. The average Bonchev–Trinajstić information content (AvgIpc) is 2.63. The number of pyridine rings is 1. The van der Waals surface area contributed by atoms with Crippen molar-refractivity contribution in [2.75, 3.05) is 0 Å². The van der Waals surface area contributed by atoms with Crippen LogP contribution in [0, 0.1) is 13.8 Å². The molecule has 0 saturated carbocycles. The van der Waals surface area contributed by atoms with Crippen molar-refractivity contribution >= 4 is 0 Å². The molecule has 102 valence electrons. The van der Waals surface area contributed by atoms with E-state index >= 15 is 0 Å². The van der Waals surface area contributed by atoms with E-state index in [1.807, 2.05) is 12.3 Å². The van der Waals surface area contributed by atoms with E-state index in [4.69, 9.17) is 0 Å². The van der Waals surface area contributed by atoms with Crippen LogP contribution in [0.5, 0.6) is 0 Å². The molecule has 0 saturated heterocycles. The van der Waals surface area contributed by atoms with Gasteiger partial charge in [-0.1, -0.05) is 19.9 Å². The number of nitrogens with zero attached hydrogens (tertiary/aromatic N) is 3. The third kappa shape index (κ3) is 3.41. The zero-order valence-corrected chi connectivity index (χ0v) is 12.1. The topological polar surface area (TPSA) is 42.7 Å². The Hall–Kier alpha value is -1.68. The van der Waals surface area contributed by atoms with E-state index in [1.165, 1.54) is 16.8 Å². The van der Waals surface area contributed by atoms with Crippen LogP contribution >= 0.6 is 0 Å². The van der Waals surface area contributed by atoms with Gasteiger partial charge in [0.15, 0.2) is 0 Å². The first kappa shape index (κ1) is 13.7.